The Morgan fingerprint density at radius 3 is 2.68 bits per heavy atom. The second-order valence-electron chi connectivity index (χ2n) is 4.68. The molecule has 3 nitrogen and oxygen atoms in total. The molecule has 2 rings (SSSR count). The van der Waals surface area contributed by atoms with E-state index in [9.17, 15) is 0 Å². The van der Waals surface area contributed by atoms with Crippen LogP contribution in [0.1, 0.15) is 18.2 Å². The summed E-state index contributed by atoms with van der Waals surface area (Å²) in [6, 6.07) is 9.61. The van der Waals surface area contributed by atoms with Crippen LogP contribution < -0.4 is 10.5 Å². The van der Waals surface area contributed by atoms with Gasteiger partial charge in [-0.05, 0) is 50.1 Å². The Bertz CT molecular complexity index is 553. The molecule has 2 aromatic rings. The molecule has 0 aliphatic rings. The second-order valence-corrected chi connectivity index (χ2v) is 5.09. The van der Waals surface area contributed by atoms with Gasteiger partial charge in [-0.3, -0.25) is 4.98 Å². The van der Waals surface area contributed by atoms with E-state index < -0.39 is 0 Å². The van der Waals surface area contributed by atoms with Gasteiger partial charge in [0, 0.05) is 11.7 Å². The molecule has 0 spiro atoms. The van der Waals surface area contributed by atoms with Crippen LogP contribution in [0.5, 0.6) is 11.5 Å². The summed E-state index contributed by atoms with van der Waals surface area (Å²) in [5.41, 5.74) is 7.82. The predicted molar refractivity (Wildman–Crippen MR) is 77.9 cm³/mol. The van der Waals surface area contributed by atoms with Crippen molar-refractivity contribution in [2.24, 2.45) is 5.73 Å². The van der Waals surface area contributed by atoms with E-state index in [0.717, 1.165) is 17.7 Å². The number of aromatic nitrogens is 1. The fraction of sp³-hybridized carbons (Fsp3) is 0.267. The number of nitrogens with two attached hydrogens (primary N) is 1. The van der Waals surface area contributed by atoms with Crippen molar-refractivity contribution in [1.29, 1.82) is 0 Å². The molecule has 1 unspecified atom stereocenters. The summed E-state index contributed by atoms with van der Waals surface area (Å²) in [7, 11) is 0. The minimum absolute atomic E-state index is 0.115. The van der Waals surface area contributed by atoms with E-state index in [1.54, 1.807) is 6.20 Å². The monoisotopic (exact) mass is 276 g/mol. The molecule has 19 heavy (non-hydrogen) atoms. The normalized spacial score (nSPS) is 12.2. The van der Waals surface area contributed by atoms with Crippen molar-refractivity contribution in [2.75, 3.05) is 0 Å². The number of aryl methyl sites for hydroxylation is 1. The van der Waals surface area contributed by atoms with Crippen molar-refractivity contribution < 1.29 is 4.74 Å². The van der Waals surface area contributed by atoms with Crippen molar-refractivity contribution in [1.82, 2.24) is 4.98 Å². The lowest BCUT2D eigenvalue weighted by atomic mass is 10.1. The number of benzene rings is 1. The molecule has 4 heteroatoms. The molecule has 0 saturated heterocycles. The van der Waals surface area contributed by atoms with Gasteiger partial charge in [-0.1, -0.05) is 17.7 Å². The highest BCUT2D eigenvalue weighted by molar-refractivity contribution is 6.32. The Kier molecular flexibility index (Phi) is 4.40. The zero-order chi connectivity index (χ0) is 13.8. The lowest BCUT2D eigenvalue weighted by Gasteiger charge is -2.10. The van der Waals surface area contributed by atoms with Crippen LogP contribution in [0, 0.1) is 6.92 Å². The molecule has 0 aliphatic carbocycles. The highest BCUT2D eigenvalue weighted by Gasteiger charge is 2.06. The second kappa shape index (κ2) is 6.04. The number of nitrogens with zero attached hydrogens (tertiary/aromatic N) is 1. The van der Waals surface area contributed by atoms with Crippen molar-refractivity contribution in [3.63, 3.8) is 0 Å². The molecule has 1 heterocycles. The molecule has 0 amide bonds. The molecule has 100 valence electrons. The molecule has 0 radical (unpaired) electrons. The SMILES string of the molecule is Cc1ccc(Oc2ccc(CC(C)N)cc2Cl)cn1. The molecular formula is C15H17ClN2O. The number of halogens is 1. The van der Waals surface area contributed by atoms with Crippen molar-refractivity contribution in [3.05, 3.63) is 52.8 Å². The molecule has 1 aromatic heterocycles. The van der Waals surface area contributed by atoms with Crippen LogP contribution in [-0.4, -0.2) is 11.0 Å². The number of pyridine rings is 1. The maximum Gasteiger partial charge on any atom is 0.146 e. The van der Waals surface area contributed by atoms with Crippen LogP contribution in [0.4, 0.5) is 0 Å². The minimum atomic E-state index is 0.115. The van der Waals surface area contributed by atoms with Crippen LogP contribution in [0.2, 0.25) is 5.02 Å². The first-order valence-electron chi connectivity index (χ1n) is 6.19. The quantitative estimate of drug-likeness (QED) is 0.926. The van der Waals surface area contributed by atoms with E-state index in [-0.39, 0.29) is 6.04 Å². The maximum atomic E-state index is 6.21. The number of hydrogen-bond donors (Lipinski definition) is 1. The molecule has 2 N–H and O–H groups in total. The van der Waals surface area contributed by atoms with Crippen LogP contribution in [0.15, 0.2) is 36.5 Å². The van der Waals surface area contributed by atoms with E-state index >= 15 is 0 Å². The molecule has 0 bridgehead atoms. The first kappa shape index (κ1) is 13.8. The largest absolute Gasteiger partial charge is 0.454 e. The van der Waals surface area contributed by atoms with Crippen LogP contribution in [0.3, 0.4) is 0 Å². The first-order valence-corrected chi connectivity index (χ1v) is 6.57. The van der Waals surface area contributed by atoms with Crippen molar-refractivity contribution >= 4 is 11.6 Å². The Balaban J connectivity index is 2.15. The lowest BCUT2D eigenvalue weighted by molar-refractivity contribution is 0.480. The molecule has 1 atom stereocenters. The zero-order valence-electron chi connectivity index (χ0n) is 11.1. The summed E-state index contributed by atoms with van der Waals surface area (Å²) in [5, 5.41) is 0.582. The van der Waals surface area contributed by atoms with Crippen LogP contribution in [-0.2, 0) is 6.42 Å². The van der Waals surface area contributed by atoms with E-state index in [4.69, 9.17) is 22.1 Å². The van der Waals surface area contributed by atoms with E-state index in [0.29, 0.717) is 16.5 Å². The average Bonchev–Trinajstić information content (AvgIpc) is 2.34. The molecule has 0 saturated carbocycles. The lowest BCUT2D eigenvalue weighted by Crippen LogP contribution is -2.17. The fourth-order valence-electron chi connectivity index (χ4n) is 1.77. The van der Waals surface area contributed by atoms with Crippen molar-refractivity contribution in [3.8, 4) is 11.5 Å². The van der Waals surface area contributed by atoms with Gasteiger partial charge >= 0.3 is 0 Å². The van der Waals surface area contributed by atoms with E-state index in [1.165, 1.54) is 0 Å². The average molecular weight is 277 g/mol. The van der Waals surface area contributed by atoms with E-state index in [1.807, 2.05) is 44.2 Å². The number of ether oxygens (including phenoxy) is 1. The third-order valence-corrected chi connectivity index (χ3v) is 2.96. The Labute approximate surface area is 118 Å². The minimum Gasteiger partial charge on any atom is -0.454 e. The summed E-state index contributed by atoms with van der Waals surface area (Å²) >= 11 is 6.21. The van der Waals surface area contributed by atoms with Crippen LogP contribution in [0.25, 0.3) is 0 Å². The van der Waals surface area contributed by atoms with Crippen LogP contribution >= 0.6 is 11.6 Å². The third-order valence-electron chi connectivity index (χ3n) is 2.67. The van der Waals surface area contributed by atoms with Gasteiger partial charge in [0.1, 0.15) is 11.5 Å². The summed E-state index contributed by atoms with van der Waals surface area (Å²) in [6.45, 7) is 3.90. The Hall–Kier alpha value is -1.58. The van der Waals surface area contributed by atoms with Gasteiger partial charge in [0.15, 0.2) is 0 Å². The predicted octanol–water partition coefficient (Wildman–Crippen LogP) is 3.73. The molecule has 0 fully saturated rings. The smallest absolute Gasteiger partial charge is 0.146 e. The fourth-order valence-corrected chi connectivity index (χ4v) is 2.01. The summed E-state index contributed by atoms with van der Waals surface area (Å²) in [5.74, 6) is 1.30. The van der Waals surface area contributed by atoms with Gasteiger partial charge in [0.25, 0.3) is 0 Å². The standard InChI is InChI=1S/C15H17ClN2O/c1-10(17)7-12-4-6-15(14(16)8-12)19-13-5-3-11(2)18-9-13/h3-6,8-10H,7,17H2,1-2H3. The van der Waals surface area contributed by atoms with Gasteiger partial charge in [0.2, 0.25) is 0 Å². The molecule has 0 aliphatic heterocycles. The number of hydrogen-bond acceptors (Lipinski definition) is 3. The van der Waals surface area contributed by atoms with Gasteiger partial charge < -0.3 is 10.5 Å². The summed E-state index contributed by atoms with van der Waals surface area (Å²) in [4.78, 5) is 4.18. The third kappa shape index (κ3) is 3.94. The summed E-state index contributed by atoms with van der Waals surface area (Å²) in [6.07, 6.45) is 2.48. The van der Waals surface area contributed by atoms with Gasteiger partial charge in [-0.2, -0.15) is 0 Å². The Morgan fingerprint density at radius 2 is 2.11 bits per heavy atom. The molecular weight excluding hydrogens is 260 g/mol. The first-order chi connectivity index (χ1) is 9.04. The van der Waals surface area contributed by atoms with E-state index in [2.05, 4.69) is 4.98 Å². The summed E-state index contributed by atoms with van der Waals surface area (Å²) < 4.78 is 5.70. The topological polar surface area (TPSA) is 48.1 Å². The molecule has 1 aromatic carbocycles. The van der Waals surface area contributed by atoms with Gasteiger partial charge in [-0.15, -0.1) is 0 Å². The highest BCUT2D eigenvalue weighted by atomic mass is 35.5. The number of rotatable bonds is 4. The Morgan fingerprint density at radius 1 is 1.32 bits per heavy atom. The van der Waals surface area contributed by atoms with Gasteiger partial charge in [0.05, 0.1) is 11.2 Å². The highest BCUT2D eigenvalue weighted by Crippen LogP contribution is 2.30. The zero-order valence-corrected chi connectivity index (χ0v) is 11.8. The van der Waals surface area contributed by atoms with Gasteiger partial charge in [-0.25, -0.2) is 0 Å². The maximum absolute atomic E-state index is 6.21. The van der Waals surface area contributed by atoms with Crippen molar-refractivity contribution in [2.45, 2.75) is 26.3 Å².